The summed E-state index contributed by atoms with van der Waals surface area (Å²) in [6.07, 6.45) is 1.84. The van der Waals surface area contributed by atoms with Crippen LogP contribution in [0.15, 0.2) is 23.1 Å². The highest BCUT2D eigenvalue weighted by Gasteiger charge is 2.30. The van der Waals surface area contributed by atoms with E-state index >= 15 is 0 Å². The number of aryl methyl sites for hydroxylation is 1. The van der Waals surface area contributed by atoms with Crippen LogP contribution in [0.25, 0.3) is 0 Å². The number of benzene rings is 1. The standard InChI is InChI=1S/C13H20N2O2S/c1-10-6-8-15(9-7-10)18(16,17)13-11(2)4-3-5-12(13)14/h3-5,10H,6-9,14H2,1-2H3. The summed E-state index contributed by atoms with van der Waals surface area (Å²) in [5.41, 5.74) is 6.89. The molecule has 2 rings (SSSR count). The SMILES string of the molecule is Cc1cccc(N)c1S(=O)(=O)N1CCC(C)CC1. The average Bonchev–Trinajstić information content (AvgIpc) is 2.29. The van der Waals surface area contributed by atoms with E-state index in [9.17, 15) is 8.42 Å². The van der Waals surface area contributed by atoms with Crippen molar-refractivity contribution in [2.24, 2.45) is 5.92 Å². The van der Waals surface area contributed by atoms with Crippen LogP contribution in [-0.4, -0.2) is 25.8 Å². The average molecular weight is 268 g/mol. The van der Waals surface area contributed by atoms with Crippen LogP contribution in [0.4, 0.5) is 5.69 Å². The van der Waals surface area contributed by atoms with Crippen molar-refractivity contribution in [1.29, 1.82) is 0 Å². The van der Waals surface area contributed by atoms with E-state index in [1.54, 1.807) is 29.4 Å². The zero-order valence-corrected chi connectivity index (χ0v) is 11.7. The van der Waals surface area contributed by atoms with Crippen molar-refractivity contribution in [2.45, 2.75) is 31.6 Å². The third-order valence-corrected chi connectivity index (χ3v) is 5.70. The number of nitrogen functional groups attached to an aromatic ring is 1. The molecule has 5 heteroatoms. The van der Waals surface area contributed by atoms with Crippen molar-refractivity contribution in [2.75, 3.05) is 18.8 Å². The minimum Gasteiger partial charge on any atom is -0.398 e. The largest absolute Gasteiger partial charge is 0.398 e. The Hall–Kier alpha value is -1.07. The molecule has 1 fully saturated rings. The van der Waals surface area contributed by atoms with Gasteiger partial charge >= 0.3 is 0 Å². The molecule has 0 bridgehead atoms. The minimum atomic E-state index is -3.44. The van der Waals surface area contributed by atoms with Gasteiger partial charge in [0.05, 0.1) is 5.69 Å². The molecule has 0 aromatic heterocycles. The number of piperidine rings is 1. The molecule has 18 heavy (non-hydrogen) atoms. The molecule has 1 aromatic carbocycles. The molecule has 1 aliphatic rings. The number of nitrogens with zero attached hydrogens (tertiary/aromatic N) is 1. The van der Waals surface area contributed by atoms with Gasteiger partial charge < -0.3 is 5.73 Å². The monoisotopic (exact) mass is 268 g/mol. The van der Waals surface area contributed by atoms with E-state index in [1.807, 2.05) is 0 Å². The van der Waals surface area contributed by atoms with E-state index in [-0.39, 0.29) is 4.90 Å². The quantitative estimate of drug-likeness (QED) is 0.834. The van der Waals surface area contributed by atoms with Crippen LogP contribution >= 0.6 is 0 Å². The summed E-state index contributed by atoms with van der Waals surface area (Å²) in [5, 5.41) is 0. The van der Waals surface area contributed by atoms with Crippen LogP contribution in [0.5, 0.6) is 0 Å². The van der Waals surface area contributed by atoms with Crippen molar-refractivity contribution >= 4 is 15.7 Å². The molecular formula is C13H20N2O2S. The first-order valence-corrected chi connectivity index (χ1v) is 7.72. The maximum atomic E-state index is 12.6. The maximum Gasteiger partial charge on any atom is 0.245 e. The van der Waals surface area contributed by atoms with Gasteiger partial charge in [0.15, 0.2) is 0 Å². The van der Waals surface area contributed by atoms with Crippen LogP contribution in [-0.2, 0) is 10.0 Å². The Kier molecular flexibility index (Phi) is 3.64. The van der Waals surface area contributed by atoms with Gasteiger partial charge in [-0.05, 0) is 37.3 Å². The summed E-state index contributed by atoms with van der Waals surface area (Å²) in [4.78, 5) is 0.277. The lowest BCUT2D eigenvalue weighted by atomic mass is 10.0. The second kappa shape index (κ2) is 4.90. The molecule has 0 aliphatic carbocycles. The fourth-order valence-corrected chi connectivity index (χ4v) is 4.17. The van der Waals surface area contributed by atoms with Crippen molar-refractivity contribution in [1.82, 2.24) is 4.31 Å². The molecular weight excluding hydrogens is 248 g/mol. The summed E-state index contributed by atoms with van der Waals surface area (Å²) in [6, 6.07) is 5.21. The molecule has 0 atom stereocenters. The second-order valence-corrected chi connectivity index (χ2v) is 6.95. The van der Waals surface area contributed by atoms with Gasteiger partial charge in [-0.15, -0.1) is 0 Å². The Balaban J connectivity index is 2.37. The first-order chi connectivity index (χ1) is 8.43. The van der Waals surface area contributed by atoms with E-state index < -0.39 is 10.0 Å². The lowest BCUT2D eigenvalue weighted by Gasteiger charge is -2.30. The van der Waals surface area contributed by atoms with Crippen LogP contribution in [0.3, 0.4) is 0 Å². The van der Waals surface area contributed by atoms with Gasteiger partial charge in [-0.25, -0.2) is 8.42 Å². The molecule has 2 N–H and O–H groups in total. The van der Waals surface area contributed by atoms with E-state index in [0.29, 0.717) is 30.3 Å². The summed E-state index contributed by atoms with van der Waals surface area (Å²) in [6.45, 7) is 5.14. The minimum absolute atomic E-state index is 0.277. The highest BCUT2D eigenvalue weighted by atomic mass is 32.2. The Morgan fingerprint density at radius 3 is 2.44 bits per heavy atom. The number of hydrogen-bond donors (Lipinski definition) is 1. The first-order valence-electron chi connectivity index (χ1n) is 6.28. The molecule has 0 amide bonds. The van der Waals surface area contributed by atoms with E-state index in [0.717, 1.165) is 12.8 Å². The predicted octanol–water partition coefficient (Wildman–Crippen LogP) is 2.00. The van der Waals surface area contributed by atoms with Gasteiger partial charge in [-0.3, -0.25) is 0 Å². The molecule has 4 nitrogen and oxygen atoms in total. The second-order valence-electron chi connectivity index (χ2n) is 5.08. The van der Waals surface area contributed by atoms with Crippen LogP contribution in [0.2, 0.25) is 0 Å². The van der Waals surface area contributed by atoms with Crippen molar-refractivity contribution < 1.29 is 8.42 Å². The maximum absolute atomic E-state index is 12.6. The molecule has 0 spiro atoms. The summed E-state index contributed by atoms with van der Waals surface area (Å²) < 4.78 is 26.7. The van der Waals surface area contributed by atoms with E-state index in [2.05, 4.69) is 6.92 Å². The van der Waals surface area contributed by atoms with Gasteiger partial charge in [-0.1, -0.05) is 19.1 Å². The van der Waals surface area contributed by atoms with Gasteiger partial charge in [-0.2, -0.15) is 4.31 Å². The third kappa shape index (κ3) is 2.37. The number of anilines is 1. The highest BCUT2D eigenvalue weighted by Crippen LogP contribution is 2.28. The van der Waals surface area contributed by atoms with Gasteiger partial charge in [0.1, 0.15) is 4.90 Å². The molecule has 0 saturated carbocycles. The number of rotatable bonds is 2. The summed E-state index contributed by atoms with van der Waals surface area (Å²) in [5.74, 6) is 0.602. The van der Waals surface area contributed by atoms with E-state index in [1.165, 1.54) is 0 Å². The summed E-state index contributed by atoms with van der Waals surface area (Å²) >= 11 is 0. The molecule has 1 heterocycles. The zero-order chi connectivity index (χ0) is 13.3. The Bertz CT molecular complexity index is 512. The lowest BCUT2D eigenvalue weighted by molar-refractivity contribution is 0.288. The smallest absolute Gasteiger partial charge is 0.245 e. The fourth-order valence-electron chi connectivity index (χ4n) is 2.38. The van der Waals surface area contributed by atoms with Gasteiger partial charge in [0.2, 0.25) is 10.0 Å². The lowest BCUT2D eigenvalue weighted by Crippen LogP contribution is -2.38. The number of nitrogens with two attached hydrogens (primary N) is 1. The Labute approximate surface area is 109 Å². The van der Waals surface area contributed by atoms with E-state index in [4.69, 9.17) is 5.73 Å². The first kappa shape index (κ1) is 13.4. The molecule has 100 valence electrons. The molecule has 1 saturated heterocycles. The predicted molar refractivity (Wildman–Crippen MR) is 72.7 cm³/mol. The van der Waals surface area contributed by atoms with Crippen molar-refractivity contribution in [3.05, 3.63) is 23.8 Å². The molecule has 0 radical (unpaired) electrons. The molecule has 0 unspecified atom stereocenters. The van der Waals surface area contributed by atoms with Crippen LogP contribution in [0.1, 0.15) is 25.3 Å². The Morgan fingerprint density at radius 1 is 1.28 bits per heavy atom. The van der Waals surface area contributed by atoms with Crippen molar-refractivity contribution in [3.63, 3.8) is 0 Å². The topological polar surface area (TPSA) is 63.4 Å². The normalized spacial score (nSPS) is 19.0. The zero-order valence-electron chi connectivity index (χ0n) is 10.9. The van der Waals surface area contributed by atoms with Crippen LogP contribution < -0.4 is 5.73 Å². The number of sulfonamides is 1. The molecule has 1 aromatic rings. The number of hydrogen-bond acceptors (Lipinski definition) is 3. The third-order valence-electron chi connectivity index (χ3n) is 3.58. The highest BCUT2D eigenvalue weighted by molar-refractivity contribution is 7.89. The van der Waals surface area contributed by atoms with Crippen LogP contribution in [0, 0.1) is 12.8 Å². The van der Waals surface area contributed by atoms with Gasteiger partial charge in [0.25, 0.3) is 0 Å². The molecule has 1 aliphatic heterocycles. The Morgan fingerprint density at radius 2 is 1.89 bits per heavy atom. The summed E-state index contributed by atoms with van der Waals surface area (Å²) in [7, 11) is -3.44. The van der Waals surface area contributed by atoms with Crippen molar-refractivity contribution in [3.8, 4) is 0 Å². The van der Waals surface area contributed by atoms with Gasteiger partial charge in [0, 0.05) is 13.1 Å². The fraction of sp³-hybridized carbons (Fsp3) is 0.538.